The van der Waals surface area contributed by atoms with Gasteiger partial charge in [-0.05, 0) is 92.4 Å². The molecule has 8 fully saturated rings. The highest BCUT2D eigenvalue weighted by atomic mass is 32.2. The van der Waals surface area contributed by atoms with E-state index in [4.69, 9.17) is 14.5 Å². The van der Waals surface area contributed by atoms with Gasteiger partial charge >= 0.3 is 6.36 Å². The highest BCUT2D eigenvalue weighted by Gasteiger charge is 2.64. The number of nitriles is 1. The Hall–Kier alpha value is -3.51. The Morgan fingerprint density at radius 1 is 0.987 bits per heavy atom. The van der Waals surface area contributed by atoms with Gasteiger partial charge in [0.15, 0.2) is 5.75 Å². The number of hydrogen-bond acceptors (Lipinski definition) is 14. The molecular weight excluding hydrogens is 978 g/mol. The highest BCUT2D eigenvalue weighted by Crippen LogP contribution is 2.57. The fraction of sp³-hybridized carbons (Fsp3) is 0.737. The van der Waals surface area contributed by atoms with E-state index >= 15 is 0 Å². The maximum absolute atomic E-state index is 14.4. The zero-order valence-electron chi connectivity index (χ0n) is 45.1. The van der Waals surface area contributed by atoms with Crippen molar-refractivity contribution < 1.29 is 32.2 Å². The van der Waals surface area contributed by atoms with Crippen molar-refractivity contribution in [1.82, 2.24) is 41.5 Å². The summed E-state index contributed by atoms with van der Waals surface area (Å²) in [4.78, 5) is 28.0. The second-order valence-corrected chi connectivity index (χ2v) is 26.7. The number of rotatable bonds is 12. The van der Waals surface area contributed by atoms with Crippen LogP contribution in [0.15, 0.2) is 47.5 Å². The summed E-state index contributed by atoms with van der Waals surface area (Å²) in [5, 5.41) is 21.2. The van der Waals surface area contributed by atoms with Crippen molar-refractivity contribution in [2.24, 2.45) is 44.9 Å². The molecule has 0 radical (unpaired) electrons. The lowest BCUT2D eigenvalue weighted by Crippen LogP contribution is -2.76. The number of ether oxygens (including phenoxy) is 3. The van der Waals surface area contributed by atoms with Crippen LogP contribution < -0.4 is 36.3 Å². The quantitative estimate of drug-likeness (QED) is 0.140. The number of nitrogens with zero attached hydrogens (tertiary/aromatic N) is 5. The van der Waals surface area contributed by atoms with Crippen LogP contribution in [-0.4, -0.2) is 132 Å². The van der Waals surface area contributed by atoms with Gasteiger partial charge in [0.05, 0.1) is 41.8 Å². The number of aliphatic imine (C=N–C) groups is 1. The molecule has 6 heterocycles. The first-order valence-electron chi connectivity index (χ1n) is 28.3. The topological polar surface area (TPSA) is 151 Å². The van der Waals surface area contributed by atoms with Gasteiger partial charge in [-0.25, -0.2) is 10.9 Å². The minimum Gasteiger partial charge on any atom is -0.489 e. The van der Waals surface area contributed by atoms with Crippen LogP contribution in [-0.2, 0) is 16.0 Å². The molecule has 75 heavy (non-hydrogen) atoms. The average molecular weight is 1060 g/mol. The third-order valence-corrected chi connectivity index (χ3v) is 21.2. The van der Waals surface area contributed by atoms with Crippen molar-refractivity contribution in [3.8, 4) is 17.6 Å². The molecule has 1 amide bonds. The Balaban J connectivity index is 0.696. The number of amides is 1. The Morgan fingerprint density at radius 3 is 2.40 bits per heavy atom. The summed E-state index contributed by atoms with van der Waals surface area (Å²) in [7, 11) is 0. The fourth-order valence-electron chi connectivity index (χ4n) is 15.8. The van der Waals surface area contributed by atoms with Crippen molar-refractivity contribution in [2.75, 3.05) is 39.3 Å². The number of hydrazine groups is 1. The summed E-state index contributed by atoms with van der Waals surface area (Å²) >= 11 is 2.11. The summed E-state index contributed by atoms with van der Waals surface area (Å²) in [6.45, 7) is 20.2. The molecule has 1 spiro atoms. The highest BCUT2D eigenvalue weighted by molar-refractivity contribution is 8.00. The summed E-state index contributed by atoms with van der Waals surface area (Å²) in [5.41, 5.74) is 10.2. The second kappa shape index (κ2) is 20.9. The third kappa shape index (κ3) is 10.5. The van der Waals surface area contributed by atoms with Crippen molar-refractivity contribution in [1.29, 1.82) is 5.26 Å². The number of halogens is 3. The van der Waals surface area contributed by atoms with Crippen molar-refractivity contribution in [2.45, 2.75) is 185 Å². The van der Waals surface area contributed by atoms with E-state index in [2.05, 4.69) is 103 Å². The molecule has 9 unspecified atom stereocenters. The van der Waals surface area contributed by atoms with Gasteiger partial charge in [0.2, 0.25) is 5.91 Å². The predicted molar refractivity (Wildman–Crippen MR) is 284 cm³/mol. The number of fused-ring (bicyclic) bond motifs is 3. The second-order valence-electron chi connectivity index (χ2n) is 25.2. The minimum absolute atomic E-state index is 0.0177. The number of carbonyl (C=O) groups excluding carboxylic acids is 1. The van der Waals surface area contributed by atoms with E-state index in [9.17, 15) is 23.2 Å². The molecule has 410 valence electrons. The largest absolute Gasteiger partial charge is 0.573 e. The zero-order chi connectivity index (χ0) is 52.6. The van der Waals surface area contributed by atoms with Crippen LogP contribution in [0.5, 0.6) is 11.5 Å². The van der Waals surface area contributed by atoms with Crippen LogP contribution in [0.4, 0.5) is 13.2 Å². The van der Waals surface area contributed by atoms with Crippen LogP contribution in [0.25, 0.3) is 0 Å². The summed E-state index contributed by atoms with van der Waals surface area (Å²) in [6.07, 6.45) is 7.99. The van der Waals surface area contributed by atoms with E-state index in [1.165, 1.54) is 73.9 Å². The van der Waals surface area contributed by atoms with Gasteiger partial charge in [-0.3, -0.25) is 35.1 Å². The molecule has 3 aliphatic carbocycles. The van der Waals surface area contributed by atoms with E-state index in [0.29, 0.717) is 52.9 Å². The number of likely N-dealkylation sites (tertiary alicyclic amines) is 1. The van der Waals surface area contributed by atoms with Gasteiger partial charge in [-0.2, -0.15) is 5.26 Å². The first-order chi connectivity index (χ1) is 35.8. The number of piperidine rings is 1. The molecule has 3 saturated carbocycles. The van der Waals surface area contributed by atoms with E-state index in [1.54, 1.807) is 6.07 Å². The van der Waals surface area contributed by atoms with Gasteiger partial charge < -0.3 is 19.5 Å². The summed E-state index contributed by atoms with van der Waals surface area (Å²) < 4.78 is 56.1. The van der Waals surface area contributed by atoms with E-state index in [-0.39, 0.29) is 60.1 Å². The minimum atomic E-state index is -4.95. The van der Waals surface area contributed by atoms with E-state index < -0.39 is 29.0 Å². The molecule has 5 N–H and O–H groups in total. The molecule has 6 aliphatic heterocycles. The lowest BCUT2D eigenvalue weighted by atomic mass is 9.49. The molecular formula is C57H81F3N10O4S. The summed E-state index contributed by atoms with van der Waals surface area (Å²) in [5.74, 6) is 0.904. The monoisotopic (exact) mass is 1060 g/mol. The van der Waals surface area contributed by atoms with Crippen LogP contribution in [0.1, 0.15) is 129 Å². The Labute approximate surface area is 446 Å². The van der Waals surface area contributed by atoms with Crippen LogP contribution in [0, 0.1) is 51.2 Å². The van der Waals surface area contributed by atoms with Crippen molar-refractivity contribution in [3.05, 3.63) is 59.2 Å². The summed E-state index contributed by atoms with van der Waals surface area (Å²) in [6, 6.07) is 15.4. The van der Waals surface area contributed by atoms with Gasteiger partial charge in [0.1, 0.15) is 30.4 Å². The first-order valence-corrected chi connectivity index (χ1v) is 29.2. The van der Waals surface area contributed by atoms with Crippen LogP contribution in [0.2, 0.25) is 0 Å². The average Bonchev–Trinajstić information content (AvgIpc) is 4.11. The van der Waals surface area contributed by atoms with E-state index in [0.717, 1.165) is 58.0 Å². The number of benzene rings is 2. The van der Waals surface area contributed by atoms with Gasteiger partial charge in [-0.15, -0.1) is 24.9 Å². The molecule has 5 saturated heterocycles. The van der Waals surface area contributed by atoms with E-state index in [1.807, 2.05) is 27.7 Å². The maximum atomic E-state index is 14.4. The first kappa shape index (κ1) is 53.5. The van der Waals surface area contributed by atoms with Crippen molar-refractivity contribution in [3.63, 3.8) is 0 Å². The SMILES string of the molecule is CC1SC2C(C(c3ccc(CC4CC5(CCN(C6NCC(C(=O)NC7C(C)(C)C(Oc8ccc(C#N)c(OC(F)(F)F)c8)C7(C)C)CN6C6CCCCC6)CC5)C4)cc3)=N[C@@H](CC3NCCO3)C3NNC(C)N23)C1C. The fourth-order valence-corrected chi connectivity index (χ4v) is 17.6. The molecule has 9 aliphatic rings. The molecule has 2 aromatic rings. The number of nitrogens with one attached hydrogen (secondary N) is 5. The lowest BCUT2D eigenvalue weighted by molar-refractivity contribution is -0.274. The zero-order valence-corrected chi connectivity index (χ0v) is 45.9. The molecule has 0 bridgehead atoms. The number of hydrogen-bond donors (Lipinski definition) is 5. The smallest absolute Gasteiger partial charge is 0.489 e. The number of carbonyl (C=O) groups is 1. The van der Waals surface area contributed by atoms with Crippen molar-refractivity contribution >= 4 is 23.4 Å². The third-order valence-electron chi connectivity index (χ3n) is 19.5. The number of alkyl halides is 3. The van der Waals surface area contributed by atoms with Crippen LogP contribution in [0.3, 0.4) is 0 Å². The standard InChI is InChI=1S/C57H81F3N10O4S/c1-33-34(2)75-50-46(33)47(64-43(27-45-62-21-24-72-45)48-67-66-35(3)70(48)50)38-15-13-36(14-16-38)25-37-28-56(29-37)19-22-68(23-20-56)53-63-31-40(32-69(53)41-11-9-8-10-12-41)49(71)65-51-54(4,5)52(55(51,6)7)73-42-18-17-39(30-61)44(26-42)74-57(58,59)60/h13-18,26,33-35,37,40-41,43,45-46,48,50-53,62-63,66-67H,8-12,19-25,27-29,31-32H2,1-7H3,(H,65,71)/t33?,34?,35?,40?,43-,45?,46?,48?,50?,51?,52?,53?/m0/s1. The molecule has 0 aromatic heterocycles. The molecule has 10 atom stereocenters. The normalized spacial score (nSPS) is 36.1. The van der Waals surface area contributed by atoms with Gasteiger partial charge in [-0.1, -0.05) is 85.1 Å². The molecule has 2 aromatic carbocycles. The Morgan fingerprint density at radius 2 is 1.72 bits per heavy atom. The molecule has 14 nitrogen and oxygen atoms in total. The lowest BCUT2D eigenvalue weighted by Gasteiger charge is -2.63. The molecule has 11 rings (SSSR count). The predicted octanol–water partition coefficient (Wildman–Crippen LogP) is 7.93. The van der Waals surface area contributed by atoms with Crippen LogP contribution >= 0.6 is 11.8 Å². The number of thioether (sulfide) groups is 1. The van der Waals surface area contributed by atoms with Gasteiger partial charge in [0, 0.05) is 85.0 Å². The Bertz CT molecular complexity index is 2430. The van der Waals surface area contributed by atoms with Gasteiger partial charge in [0.25, 0.3) is 0 Å². The molecule has 18 heteroatoms. The maximum Gasteiger partial charge on any atom is 0.573 e. The Kier molecular flexibility index (Phi) is 14.9.